The van der Waals surface area contributed by atoms with E-state index < -0.39 is 36.0 Å². The molecular weight excluding hydrogens is 372 g/mol. The summed E-state index contributed by atoms with van der Waals surface area (Å²) in [4.78, 5) is 22.7. The molecule has 1 atom stereocenters. The second-order valence-corrected chi connectivity index (χ2v) is 5.95. The van der Waals surface area contributed by atoms with Crippen LogP contribution >= 0.6 is 0 Å². The van der Waals surface area contributed by atoms with Crippen LogP contribution in [0.2, 0.25) is 0 Å². The second-order valence-electron chi connectivity index (χ2n) is 5.95. The van der Waals surface area contributed by atoms with Crippen LogP contribution in [0.15, 0.2) is 48.5 Å². The van der Waals surface area contributed by atoms with E-state index >= 15 is 0 Å². The highest BCUT2D eigenvalue weighted by molar-refractivity contribution is 5.86. The molecule has 0 aliphatic heterocycles. The molecule has 0 bridgehead atoms. The van der Waals surface area contributed by atoms with Crippen LogP contribution in [-0.4, -0.2) is 30.2 Å². The minimum Gasteiger partial charge on any atom is -0.493 e. The minimum atomic E-state index is -3.77. The predicted octanol–water partition coefficient (Wildman–Crippen LogP) is 3.52. The minimum absolute atomic E-state index is 0.0438. The first-order chi connectivity index (χ1) is 13.3. The number of ether oxygens (including phenoxy) is 2. The smallest absolute Gasteiger partial charge is 0.353 e. The Labute approximate surface area is 161 Å². The number of nitrogens with one attached hydrogen (secondary N) is 1. The van der Waals surface area contributed by atoms with Crippen molar-refractivity contribution in [2.24, 2.45) is 0 Å². The van der Waals surface area contributed by atoms with Crippen molar-refractivity contribution in [3.63, 3.8) is 0 Å². The number of carbonyl (C=O) groups excluding carboxylic acids is 1. The number of halogens is 2. The Balaban J connectivity index is 2.09. The van der Waals surface area contributed by atoms with E-state index in [9.17, 15) is 18.4 Å². The van der Waals surface area contributed by atoms with Crippen molar-refractivity contribution in [3.05, 3.63) is 59.7 Å². The molecular formula is C20H21F2NO5. The van der Waals surface area contributed by atoms with Gasteiger partial charge in [0.2, 0.25) is 0 Å². The zero-order chi connectivity index (χ0) is 20.7. The Kier molecular flexibility index (Phi) is 6.92. The molecule has 8 heteroatoms. The van der Waals surface area contributed by atoms with Gasteiger partial charge in [0.05, 0.1) is 18.2 Å². The first-order valence-electron chi connectivity index (χ1n) is 8.61. The Morgan fingerprint density at radius 3 is 2.36 bits per heavy atom. The van der Waals surface area contributed by atoms with Crippen molar-refractivity contribution in [2.75, 3.05) is 13.2 Å². The number of carboxylic acids is 1. The number of carbonyl (C=O) groups is 2. The first kappa shape index (κ1) is 21.1. The monoisotopic (exact) mass is 393 g/mol. The van der Waals surface area contributed by atoms with Gasteiger partial charge in [-0.2, -0.15) is 8.78 Å². The topological polar surface area (TPSA) is 84.9 Å². The van der Waals surface area contributed by atoms with Gasteiger partial charge in [-0.05, 0) is 43.7 Å². The fourth-order valence-electron chi connectivity index (χ4n) is 2.50. The highest BCUT2D eigenvalue weighted by atomic mass is 19.3. The van der Waals surface area contributed by atoms with Gasteiger partial charge in [0.25, 0.3) is 5.91 Å². The number of carboxylic acid groups (broad SMARTS) is 1. The molecule has 0 fully saturated rings. The van der Waals surface area contributed by atoms with Gasteiger partial charge in [-0.3, -0.25) is 4.79 Å². The largest absolute Gasteiger partial charge is 0.493 e. The average molecular weight is 393 g/mol. The van der Waals surface area contributed by atoms with Crippen molar-refractivity contribution in [1.29, 1.82) is 0 Å². The van der Waals surface area contributed by atoms with Gasteiger partial charge in [-0.1, -0.05) is 24.3 Å². The van der Waals surface area contributed by atoms with E-state index in [1.165, 1.54) is 24.3 Å². The van der Waals surface area contributed by atoms with E-state index in [0.717, 1.165) is 6.07 Å². The zero-order valence-electron chi connectivity index (χ0n) is 15.4. The molecule has 1 unspecified atom stereocenters. The van der Waals surface area contributed by atoms with Crippen LogP contribution in [0.5, 0.6) is 11.5 Å². The van der Waals surface area contributed by atoms with E-state index in [1.54, 1.807) is 32.0 Å². The summed E-state index contributed by atoms with van der Waals surface area (Å²) in [5.74, 6) is -6.05. The molecule has 6 nitrogen and oxygen atoms in total. The van der Waals surface area contributed by atoms with Gasteiger partial charge in [-0.25, -0.2) is 4.79 Å². The molecule has 0 aromatic heterocycles. The van der Waals surface area contributed by atoms with Gasteiger partial charge < -0.3 is 19.9 Å². The van der Waals surface area contributed by atoms with Crippen LogP contribution < -0.4 is 14.8 Å². The number of aliphatic carboxylic acids is 1. The van der Waals surface area contributed by atoms with Crippen molar-refractivity contribution < 1.29 is 33.0 Å². The third kappa shape index (κ3) is 5.18. The van der Waals surface area contributed by atoms with Crippen LogP contribution in [0.4, 0.5) is 8.78 Å². The molecule has 0 radical (unpaired) electrons. The van der Waals surface area contributed by atoms with Crippen molar-refractivity contribution >= 4 is 11.9 Å². The van der Waals surface area contributed by atoms with Crippen molar-refractivity contribution in [1.82, 2.24) is 5.32 Å². The summed E-state index contributed by atoms with van der Waals surface area (Å²) in [6.45, 7) is 2.94. The van der Waals surface area contributed by atoms with Crippen LogP contribution in [0.3, 0.4) is 0 Å². The standard InChI is InChI=1S/C20H21F2NO5/c1-3-27-17-7-5-4-6-16(17)20(21,22)19(26)23-13(2)14-8-10-15(11-9-14)28-12-18(24)25/h4-11,13H,3,12H2,1-2H3,(H,23,26)(H,24,25). The SMILES string of the molecule is CCOc1ccccc1C(F)(F)C(=O)NC(C)c1ccc(OCC(=O)O)cc1. The lowest BCUT2D eigenvalue weighted by Gasteiger charge is -2.22. The quantitative estimate of drug-likeness (QED) is 0.681. The molecule has 0 heterocycles. The number of benzene rings is 2. The maximum Gasteiger partial charge on any atom is 0.353 e. The first-order valence-corrected chi connectivity index (χ1v) is 8.61. The van der Waals surface area contributed by atoms with Gasteiger partial charge in [0, 0.05) is 0 Å². The molecule has 2 aromatic rings. The number of alkyl halides is 2. The molecule has 2 N–H and O–H groups in total. The van der Waals surface area contributed by atoms with Crippen molar-refractivity contribution in [2.45, 2.75) is 25.8 Å². The number of amides is 1. The maximum absolute atomic E-state index is 14.7. The van der Waals surface area contributed by atoms with E-state index in [1.807, 2.05) is 0 Å². The van der Waals surface area contributed by atoms with E-state index in [-0.39, 0.29) is 12.4 Å². The molecule has 2 aromatic carbocycles. The third-order valence-electron chi connectivity index (χ3n) is 3.90. The van der Waals surface area contributed by atoms with Gasteiger partial charge in [0.15, 0.2) is 6.61 Å². The number of rotatable bonds is 9. The Morgan fingerprint density at radius 1 is 1.11 bits per heavy atom. The lowest BCUT2D eigenvalue weighted by atomic mass is 10.0. The Morgan fingerprint density at radius 2 is 1.75 bits per heavy atom. The number of hydrogen-bond acceptors (Lipinski definition) is 4. The van der Waals surface area contributed by atoms with Crippen LogP contribution in [0.25, 0.3) is 0 Å². The molecule has 150 valence electrons. The molecule has 0 saturated carbocycles. The summed E-state index contributed by atoms with van der Waals surface area (Å²) in [7, 11) is 0. The van der Waals surface area contributed by atoms with Gasteiger partial charge in [0.1, 0.15) is 11.5 Å². The van der Waals surface area contributed by atoms with E-state index in [0.29, 0.717) is 11.3 Å². The fourth-order valence-corrected chi connectivity index (χ4v) is 2.50. The van der Waals surface area contributed by atoms with E-state index in [4.69, 9.17) is 14.6 Å². The highest BCUT2D eigenvalue weighted by Gasteiger charge is 2.43. The zero-order valence-corrected chi connectivity index (χ0v) is 15.4. The predicted molar refractivity (Wildman–Crippen MR) is 97.6 cm³/mol. The second kappa shape index (κ2) is 9.16. The summed E-state index contributed by atoms with van der Waals surface area (Å²) in [6, 6.07) is 10.9. The normalized spacial score (nSPS) is 12.1. The van der Waals surface area contributed by atoms with Gasteiger partial charge >= 0.3 is 11.9 Å². The molecule has 0 aliphatic rings. The lowest BCUT2D eigenvalue weighted by molar-refractivity contribution is -0.148. The van der Waals surface area contributed by atoms with Crippen LogP contribution in [0.1, 0.15) is 31.0 Å². The molecule has 2 rings (SSSR count). The Hall–Kier alpha value is -3.16. The van der Waals surface area contributed by atoms with Crippen LogP contribution in [0, 0.1) is 0 Å². The summed E-state index contributed by atoms with van der Waals surface area (Å²) < 4.78 is 39.6. The summed E-state index contributed by atoms with van der Waals surface area (Å²) in [5, 5.41) is 10.9. The molecule has 1 amide bonds. The average Bonchev–Trinajstić information content (AvgIpc) is 2.67. The number of para-hydroxylation sites is 1. The van der Waals surface area contributed by atoms with Gasteiger partial charge in [-0.15, -0.1) is 0 Å². The number of hydrogen-bond donors (Lipinski definition) is 2. The molecule has 0 aliphatic carbocycles. The summed E-state index contributed by atoms with van der Waals surface area (Å²) in [6.07, 6.45) is 0. The lowest BCUT2D eigenvalue weighted by Crippen LogP contribution is -2.39. The van der Waals surface area contributed by atoms with Crippen molar-refractivity contribution in [3.8, 4) is 11.5 Å². The molecule has 0 spiro atoms. The molecule has 28 heavy (non-hydrogen) atoms. The summed E-state index contributed by atoms with van der Waals surface area (Å²) >= 11 is 0. The van der Waals surface area contributed by atoms with Crippen LogP contribution in [-0.2, 0) is 15.5 Å². The van der Waals surface area contributed by atoms with E-state index in [2.05, 4.69) is 5.32 Å². The summed E-state index contributed by atoms with van der Waals surface area (Å²) in [5.41, 5.74) is 0.0592. The third-order valence-corrected chi connectivity index (χ3v) is 3.90. The maximum atomic E-state index is 14.7. The Bertz CT molecular complexity index is 824. The fraction of sp³-hybridized carbons (Fsp3) is 0.300. The highest BCUT2D eigenvalue weighted by Crippen LogP contribution is 2.35. The molecule has 0 saturated heterocycles.